The van der Waals surface area contributed by atoms with E-state index in [4.69, 9.17) is 23.7 Å². The summed E-state index contributed by atoms with van der Waals surface area (Å²) in [5.74, 6) is 2.64. The Morgan fingerprint density at radius 1 is 1.30 bits per heavy atom. The van der Waals surface area contributed by atoms with Crippen LogP contribution < -0.4 is 14.2 Å². The molecule has 3 atom stereocenters. The molecular formula is C21H22O6. The summed E-state index contributed by atoms with van der Waals surface area (Å²) >= 11 is 0. The van der Waals surface area contributed by atoms with Gasteiger partial charge in [-0.05, 0) is 24.6 Å². The van der Waals surface area contributed by atoms with Gasteiger partial charge in [0.2, 0.25) is 18.3 Å². The average Bonchev–Trinajstić information content (AvgIpc) is 3.24. The quantitative estimate of drug-likeness (QED) is 0.737. The lowest BCUT2D eigenvalue weighted by molar-refractivity contribution is -0.114. The lowest BCUT2D eigenvalue weighted by Crippen LogP contribution is -2.29. The molecule has 27 heavy (non-hydrogen) atoms. The maximum absolute atomic E-state index is 12.3. The summed E-state index contributed by atoms with van der Waals surface area (Å²) in [6.07, 6.45) is 5.61. The van der Waals surface area contributed by atoms with Crippen LogP contribution in [0.2, 0.25) is 0 Å². The van der Waals surface area contributed by atoms with Gasteiger partial charge in [0.25, 0.3) is 0 Å². The first-order valence-electron chi connectivity index (χ1n) is 8.82. The normalized spacial score (nSPS) is 28.0. The summed E-state index contributed by atoms with van der Waals surface area (Å²) in [4.78, 5) is 12.3. The minimum Gasteiger partial charge on any atom is -0.493 e. The predicted octanol–water partition coefficient (Wildman–Crippen LogP) is 3.69. The molecule has 0 radical (unpaired) electrons. The van der Waals surface area contributed by atoms with Crippen LogP contribution in [0.15, 0.2) is 48.5 Å². The number of fused-ring (bicyclic) bond motifs is 2. The van der Waals surface area contributed by atoms with Gasteiger partial charge in [-0.25, -0.2) is 0 Å². The van der Waals surface area contributed by atoms with E-state index in [0.29, 0.717) is 35.2 Å². The zero-order valence-corrected chi connectivity index (χ0v) is 15.6. The molecule has 0 amide bonds. The number of carbonyl (C=O) groups excluding carboxylic acids is 1. The van der Waals surface area contributed by atoms with E-state index in [1.807, 2.05) is 24.3 Å². The highest BCUT2D eigenvalue weighted by Gasteiger charge is 2.53. The summed E-state index contributed by atoms with van der Waals surface area (Å²) in [5.41, 5.74) is 0.428. The largest absolute Gasteiger partial charge is 0.493 e. The standard InChI is InChI=1S/C21H22O6/c1-5-6-21-10-17(24-4)14(22)9-18(21)27-19(12(21)2)13-7-15(23-3)20-16(8-13)25-11-26-20/h5,7-10,12,19H,1,6,11H2,2-4H3/t12-,19-,21-/m0/s1. The Kier molecular flexibility index (Phi) is 4.13. The lowest BCUT2D eigenvalue weighted by atomic mass is 9.69. The number of hydrogen-bond donors (Lipinski definition) is 0. The fourth-order valence-electron chi connectivity index (χ4n) is 4.12. The first-order chi connectivity index (χ1) is 13.0. The van der Waals surface area contributed by atoms with E-state index >= 15 is 0 Å². The molecule has 6 nitrogen and oxygen atoms in total. The molecule has 1 fully saturated rings. The van der Waals surface area contributed by atoms with Crippen LogP contribution in [0, 0.1) is 11.3 Å². The number of allylic oxidation sites excluding steroid dienone is 3. The molecule has 0 bridgehead atoms. The van der Waals surface area contributed by atoms with Crippen molar-refractivity contribution in [2.45, 2.75) is 19.4 Å². The first-order valence-corrected chi connectivity index (χ1v) is 8.82. The highest BCUT2D eigenvalue weighted by molar-refractivity contribution is 6.04. The van der Waals surface area contributed by atoms with Crippen molar-refractivity contribution in [2.24, 2.45) is 11.3 Å². The monoisotopic (exact) mass is 370 g/mol. The van der Waals surface area contributed by atoms with Gasteiger partial charge in [0.1, 0.15) is 11.9 Å². The second-order valence-corrected chi connectivity index (χ2v) is 6.90. The second-order valence-electron chi connectivity index (χ2n) is 6.90. The molecule has 0 N–H and O–H groups in total. The van der Waals surface area contributed by atoms with Crippen molar-refractivity contribution >= 4 is 5.78 Å². The van der Waals surface area contributed by atoms with Gasteiger partial charge in [-0.15, -0.1) is 6.58 Å². The highest BCUT2D eigenvalue weighted by Crippen LogP contribution is 2.58. The van der Waals surface area contributed by atoms with Gasteiger partial charge >= 0.3 is 0 Å². The molecule has 1 saturated heterocycles. The molecule has 4 rings (SSSR count). The van der Waals surface area contributed by atoms with Crippen LogP contribution in [0.25, 0.3) is 0 Å². The third-order valence-electron chi connectivity index (χ3n) is 5.58. The van der Waals surface area contributed by atoms with E-state index in [0.717, 1.165) is 5.56 Å². The fourth-order valence-corrected chi connectivity index (χ4v) is 4.12. The second kappa shape index (κ2) is 6.37. The third kappa shape index (κ3) is 2.51. The zero-order chi connectivity index (χ0) is 19.2. The van der Waals surface area contributed by atoms with Gasteiger partial charge in [-0.2, -0.15) is 0 Å². The maximum Gasteiger partial charge on any atom is 0.231 e. The predicted molar refractivity (Wildman–Crippen MR) is 97.5 cm³/mol. The van der Waals surface area contributed by atoms with Crippen LogP contribution in [0.4, 0.5) is 0 Å². The number of hydrogen-bond acceptors (Lipinski definition) is 6. The molecule has 2 heterocycles. The molecule has 0 unspecified atom stereocenters. The molecule has 0 aromatic heterocycles. The van der Waals surface area contributed by atoms with Crippen LogP contribution in [0.5, 0.6) is 17.2 Å². The SMILES string of the molecule is C=CC[C@@]12C=C(OC)C(=O)C=C1O[C@H](c1cc(OC)c3c(c1)OCO3)[C@@H]2C. The number of methoxy groups -OCH3 is 2. The molecule has 142 valence electrons. The minimum absolute atomic E-state index is 0.0325. The highest BCUT2D eigenvalue weighted by atomic mass is 16.7. The molecule has 0 saturated carbocycles. The van der Waals surface area contributed by atoms with Crippen molar-refractivity contribution in [1.82, 2.24) is 0 Å². The Bertz CT molecular complexity index is 868. The van der Waals surface area contributed by atoms with Gasteiger partial charge in [-0.3, -0.25) is 4.79 Å². The van der Waals surface area contributed by atoms with Crippen molar-refractivity contribution in [3.63, 3.8) is 0 Å². The van der Waals surface area contributed by atoms with E-state index in [1.165, 1.54) is 13.2 Å². The number of ketones is 1. The maximum atomic E-state index is 12.3. The van der Waals surface area contributed by atoms with Crippen molar-refractivity contribution in [2.75, 3.05) is 21.0 Å². The molecule has 1 aromatic carbocycles. The third-order valence-corrected chi connectivity index (χ3v) is 5.58. The zero-order valence-electron chi connectivity index (χ0n) is 15.6. The summed E-state index contributed by atoms with van der Waals surface area (Å²) < 4.78 is 28.1. The van der Waals surface area contributed by atoms with Gasteiger partial charge in [-0.1, -0.05) is 13.0 Å². The van der Waals surface area contributed by atoms with Crippen LogP contribution in [0.3, 0.4) is 0 Å². The van der Waals surface area contributed by atoms with Gasteiger partial charge in [0, 0.05) is 17.6 Å². The lowest BCUT2D eigenvalue weighted by Gasteiger charge is -2.31. The summed E-state index contributed by atoms with van der Waals surface area (Å²) in [7, 11) is 3.10. The number of carbonyl (C=O) groups is 1. The summed E-state index contributed by atoms with van der Waals surface area (Å²) in [6, 6.07) is 3.81. The van der Waals surface area contributed by atoms with Crippen LogP contribution >= 0.6 is 0 Å². The molecule has 3 aliphatic rings. The van der Waals surface area contributed by atoms with Gasteiger partial charge < -0.3 is 23.7 Å². The van der Waals surface area contributed by atoms with Crippen LogP contribution in [-0.2, 0) is 14.3 Å². The van der Waals surface area contributed by atoms with Crippen molar-refractivity contribution in [1.29, 1.82) is 0 Å². The minimum atomic E-state index is -0.477. The fraction of sp³-hybridized carbons (Fsp3) is 0.381. The summed E-state index contributed by atoms with van der Waals surface area (Å²) in [6.45, 7) is 6.16. The molecular weight excluding hydrogens is 348 g/mol. The summed E-state index contributed by atoms with van der Waals surface area (Å²) in [5, 5.41) is 0. The number of rotatable bonds is 5. The van der Waals surface area contributed by atoms with E-state index in [-0.39, 0.29) is 24.6 Å². The van der Waals surface area contributed by atoms with Crippen LogP contribution in [0.1, 0.15) is 25.0 Å². The average molecular weight is 370 g/mol. The van der Waals surface area contributed by atoms with Crippen molar-refractivity contribution in [3.8, 4) is 17.2 Å². The Labute approximate surface area is 158 Å². The Balaban J connectivity index is 1.79. The molecule has 6 heteroatoms. The first kappa shape index (κ1) is 17.5. The Hall–Kier alpha value is -2.89. The molecule has 0 spiro atoms. The molecule has 1 aliphatic carbocycles. The van der Waals surface area contributed by atoms with Crippen molar-refractivity contribution < 1.29 is 28.5 Å². The van der Waals surface area contributed by atoms with E-state index in [2.05, 4.69) is 13.5 Å². The number of ether oxygens (including phenoxy) is 5. The Morgan fingerprint density at radius 3 is 2.81 bits per heavy atom. The molecule has 1 aromatic rings. The van der Waals surface area contributed by atoms with Gasteiger partial charge in [0.15, 0.2) is 17.3 Å². The smallest absolute Gasteiger partial charge is 0.231 e. The topological polar surface area (TPSA) is 63.2 Å². The molecule has 2 aliphatic heterocycles. The van der Waals surface area contributed by atoms with Gasteiger partial charge in [0.05, 0.1) is 19.6 Å². The number of benzene rings is 1. The van der Waals surface area contributed by atoms with Crippen LogP contribution in [-0.4, -0.2) is 26.8 Å². The van der Waals surface area contributed by atoms with E-state index < -0.39 is 5.41 Å². The van der Waals surface area contributed by atoms with Crippen molar-refractivity contribution in [3.05, 3.63) is 54.0 Å². The Morgan fingerprint density at radius 2 is 2.11 bits per heavy atom. The van der Waals surface area contributed by atoms with E-state index in [9.17, 15) is 4.79 Å². The van der Waals surface area contributed by atoms with E-state index in [1.54, 1.807) is 7.11 Å².